The second-order valence-electron chi connectivity index (χ2n) is 5.43. The number of aromatic nitrogens is 3. The van der Waals surface area contributed by atoms with Gasteiger partial charge in [0.1, 0.15) is 11.6 Å². The minimum atomic E-state index is -0.624. The first-order valence-electron chi connectivity index (χ1n) is 7.29. The number of benzene rings is 2. The van der Waals surface area contributed by atoms with Crippen LogP contribution in [0.15, 0.2) is 53.5 Å². The first-order chi connectivity index (χ1) is 11.1. The third kappa shape index (κ3) is 2.11. The molecule has 2 aromatic carbocycles. The summed E-state index contributed by atoms with van der Waals surface area (Å²) in [5.74, 6) is 1.43. The fourth-order valence-electron chi connectivity index (χ4n) is 2.87. The van der Waals surface area contributed by atoms with Gasteiger partial charge in [0.2, 0.25) is 0 Å². The van der Waals surface area contributed by atoms with Gasteiger partial charge in [0.05, 0.1) is 11.4 Å². The minimum Gasteiger partial charge on any atom is -0.508 e. The van der Waals surface area contributed by atoms with Crippen molar-refractivity contribution < 1.29 is 5.11 Å². The Kier molecular flexibility index (Phi) is 2.99. The molecule has 0 fully saturated rings. The molecule has 1 aromatic heterocycles. The lowest BCUT2D eigenvalue weighted by Crippen LogP contribution is -2.13. The summed E-state index contributed by atoms with van der Waals surface area (Å²) in [5, 5.41) is 18.2. The van der Waals surface area contributed by atoms with Crippen molar-refractivity contribution in [2.24, 2.45) is 10.7 Å². The Balaban J connectivity index is 2.05. The molecule has 1 aliphatic heterocycles. The summed E-state index contributed by atoms with van der Waals surface area (Å²) in [6, 6.07) is 15.0. The zero-order valence-corrected chi connectivity index (χ0v) is 12.5. The Morgan fingerprint density at radius 2 is 1.87 bits per heavy atom. The van der Waals surface area contributed by atoms with E-state index in [9.17, 15) is 5.11 Å². The van der Waals surface area contributed by atoms with Gasteiger partial charge in [-0.1, -0.05) is 30.3 Å². The van der Waals surface area contributed by atoms with E-state index in [1.54, 1.807) is 12.1 Å². The molecule has 0 amide bonds. The fourth-order valence-corrected chi connectivity index (χ4v) is 2.87. The lowest BCUT2D eigenvalue weighted by Gasteiger charge is -2.12. The Morgan fingerprint density at radius 1 is 1.09 bits per heavy atom. The predicted molar refractivity (Wildman–Crippen MR) is 86.8 cm³/mol. The third-order valence-electron chi connectivity index (χ3n) is 3.91. The van der Waals surface area contributed by atoms with E-state index in [0.717, 1.165) is 22.5 Å². The van der Waals surface area contributed by atoms with Crippen molar-refractivity contribution in [1.29, 1.82) is 0 Å². The standard InChI is InChI=1S/C17H15N5O/c1-10-20-21-17-16(18)19-15(11-5-3-2-4-6-11)13-8-7-12(23)9-14(13)22(10)17/h2-9,16,23H,18H2,1H3. The van der Waals surface area contributed by atoms with Crippen molar-refractivity contribution in [3.63, 3.8) is 0 Å². The number of phenols is 1. The van der Waals surface area contributed by atoms with Crippen LogP contribution in [0.5, 0.6) is 5.75 Å². The smallest absolute Gasteiger partial charge is 0.177 e. The Morgan fingerprint density at radius 3 is 2.65 bits per heavy atom. The number of aromatic hydroxyl groups is 1. The molecule has 1 unspecified atom stereocenters. The van der Waals surface area contributed by atoms with Crippen LogP contribution in [0.3, 0.4) is 0 Å². The van der Waals surface area contributed by atoms with Gasteiger partial charge < -0.3 is 10.8 Å². The van der Waals surface area contributed by atoms with Crippen LogP contribution in [0, 0.1) is 6.92 Å². The summed E-state index contributed by atoms with van der Waals surface area (Å²) >= 11 is 0. The summed E-state index contributed by atoms with van der Waals surface area (Å²) in [7, 11) is 0. The molecule has 3 N–H and O–H groups in total. The Hall–Kier alpha value is -2.99. The normalized spacial score (nSPS) is 16.3. The molecule has 3 aromatic rings. The highest BCUT2D eigenvalue weighted by Gasteiger charge is 2.26. The van der Waals surface area contributed by atoms with E-state index in [-0.39, 0.29) is 5.75 Å². The molecule has 4 rings (SSSR count). The van der Waals surface area contributed by atoms with Crippen LogP contribution >= 0.6 is 0 Å². The van der Waals surface area contributed by atoms with Gasteiger partial charge in [-0.3, -0.25) is 9.56 Å². The molecule has 0 saturated carbocycles. The fraction of sp³-hybridized carbons (Fsp3) is 0.118. The molecule has 1 aliphatic rings. The molecular formula is C17H15N5O. The molecule has 0 radical (unpaired) electrons. The largest absolute Gasteiger partial charge is 0.508 e. The van der Waals surface area contributed by atoms with Crippen LogP contribution in [0.2, 0.25) is 0 Å². The Bertz CT molecular complexity index is 914. The molecule has 0 aliphatic carbocycles. The highest BCUT2D eigenvalue weighted by molar-refractivity contribution is 6.15. The highest BCUT2D eigenvalue weighted by atomic mass is 16.3. The lowest BCUT2D eigenvalue weighted by molar-refractivity contribution is 0.475. The van der Waals surface area contributed by atoms with Gasteiger partial charge in [-0.25, -0.2) is 0 Å². The number of nitrogens with zero attached hydrogens (tertiary/aromatic N) is 4. The summed E-state index contributed by atoms with van der Waals surface area (Å²) in [6.07, 6.45) is -0.624. The first kappa shape index (κ1) is 13.7. The minimum absolute atomic E-state index is 0.172. The van der Waals surface area contributed by atoms with Crippen molar-refractivity contribution in [1.82, 2.24) is 14.8 Å². The lowest BCUT2D eigenvalue weighted by atomic mass is 10.0. The molecule has 23 heavy (non-hydrogen) atoms. The van der Waals surface area contributed by atoms with Crippen molar-refractivity contribution in [2.45, 2.75) is 13.1 Å². The molecule has 114 valence electrons. The predicted octanol–water partition coefficient (Wildman–Crippen LogP) is 2.09. The van der Waals surface area contributed by atoms with Crippen molar-refractivity contribution in [2.75, 3.05) is 0 Å². The summed E-state index contributed by atoms with van der Waals surface area (Å²) in [4.78, 5) is 4.66. The molecule has 0 saturated heterocycles. The van der Waals surface area contributed by atoms with E-state index >= 15 is 0 Å². The number of aliphatic imine (C=N–C) groups is 1. The second kappa shape index (κ2) is 5.03. The van der Waals surface area contributed by atoms with Gasteiger partial charge in [-0.05, 0) is 19.1 Å². The maximum absolute atomic E-state index is 9.93. The zero-order chi connectivity index (χ0) is 16.0. The Labute approximate surface area is 132 Å². The maximum atomic E-state index is 9.93. The van der Waals surface area contributed by atoms with Crippen LogP contribution in [0.1, 0.15) is 28.9 Å². The van der Waals surface area contributed by atoms with Gasteiger partial charge in [-0.2, -0.15) is 0 Å². The van der Waals surface area contributed by atoms with E-state index in [2.05, 4.69) is 15.2 Å². The van der Waals surface area contributed by atoms with E-state index in [1.165, 1.54) is 0 Å². The maximum Gasteiger partial charge on any atom is 0.177 e. The molecule has 6 nitrogen and oxygen atoms in total. The van der Waals surface area contributed by atoms with Crippen molar-refractivity contribution in [3.05, 3.63) is 71.3 Å². The number of nitrogens with two attached hydrogens (primary N) is 1. The van der Waals surface area contributed by atoms with Gasteiger partial charge >= 0.3 is 0 Å². The first-order valence-corrected chi connectivity index (χ1v) is 7.29. The quantitative estimate of drug-likeness (QED) is 0.720. The van der Waals surface area contributed by atoms with Crippen LogP contribution in [0.25, 0.3) is 5.69 Å². The molecule has 1 atom stereocenters. The van der Waals surface area contributed by atoms with E-state index < -0.39 is 6.17 Å². The SMILES string of the molecule is Cc1nnc2n1-c1cc(O)ccc1C(c1ccccc1)=NC2N. The topological polar surface area (TPSA) is 89.3 Å². The van der Waals surface area contributed by atoms with Crippen LogP contribution in [-0.2, 0) is 0 Å². The number of fused-ring (bicyclic) bond motifs is 3. The van der Waals surface area contributed by atoms with Crippen LogP contribution in [0.4, 0.5) is 0 Å². The molecular weight excluding hydrogens is 290 g/mol. The van der Waals surface area contributed by atoms with Crippen molar-refractivity contribution >= 4 is 5.71 Å². The number of hydrogen-bond donors (Lipinski definition) is 2. The summed E-state index contributed by atoms with van der Waals surface area (Å²) < 4.78 is 1.85. The van der Waals surface area contributed by atoms with Crippen LogP contribution < -0.4 is 5.73 Å². The third-order valence-corrected chi connectivity index (χ3v) is 3.91. The van der Waals surface area contributed by atoms with Crippen molar-refractivity contribution in [3.8, 4) is 11.4 Å². The van der Waals surface area contributed by atoms with E-state index in [1.807, 2.05) is 47.9 Å². The summed E-state index contributed by atoms with van der Waals surface area (Å²) in [5.41, 5.74) is 9.63. The number of hydrogen-bond acceptors (Lipinski definition) is 5. The number of phenolic OH excluding ortho intramolecular Hbond substituents is 1. The van der Waals surface area contributed by atoms with Crippen LogP contribution in [-0.4, -0.2) is 25.6 Å². The van der Waals surface area contributed by atoms with E-state index in [4.69, 9.17) is 5.73 Å². The molecule has 6 heteroatoms. The number of rotatable bonds is 1. The molecule has 0 spiro atoms. The second-order valence-corrected chi connectivity index (χ2v) is 5.43. The average Bonchev–Trinajstić information content (AvgIpc) is 2.89. The molecule has 2 heterocycles. The monoisotopic (exact) mass is 305 g/mol. The van der Waals surface area contributed by atoms with Gasteiger partial charge in [0.25, 0.3) is 0 Å². The number of aryl methyl sites for hydroxylation is 1. The zero-order valence-electron chi connectivity index (χ0n) is 12.5. The van der Waals surface area contributed by atoms with Gasteiger partial charge in [0, 0.05) is 17.2 Å². The highest BCUT2D eigenvalue weighted by Crippen LogP contribution is 2.30. The summed E-state index contributed by atoms with van der Waals surface area (Å²) in [6.45, 7) is 1.85. The van der Waals surface area contributed by atoms with Gasteiger partial charge in [-0.15, -0.1) is 10.2 Å². The molecule has 0 bridgehead atoms. The van der Waals surface area contributed by atoms with E-state index in [0.29, 0.717) is 11.6 Å². The van der Waals surface area contributed by atoms with Gasteiger partial charge in [0.15, 0.2) is 12.0 Å². The average molecular weight is 305 g/mol.